The minimum Gasteiger partial charge on any atom is -0.496 e. The maximum absolute atomic E-state index is 12.3. The van der Waals surface area contributed by atoms with Crippen molar-refractivity contribution in [1.82, 2.24) is 5.32 Å². The van der Waals surface area contributed by atoms with E-state index in [2.05, 4.69) is 21.2 Å². The van der Waals surface area contributed by atoms with E-state index in [4.69, 9.17) is 4.74 Å². The number of thiophene rings is 1. The summed E-state index contributed by atoms with van der Waals surface area (Å²) in [6.07, 6.45) is 0. The van der Waals surface area contributed by atoms with Crippen LogP contribution in [-0.2, 0) is 5.54 Å². The van der Waals surface area contributed by atoms with Crippen molar-refractivity contribution < 1.29 is 9.53 Å². The molecule has 0 aliphatic carbocycles. The van der Waals surface area contributed by atoms with E-state index in [-0.39, 0.29) is 5.91 Å². The fourth-order valence-electron chi connectivity index (χ4n) is 1.85. The van der Waals surface area contributed by atoms with Gasteiger partial charge in [-0.2, -0.15) is 0 Å². The van der Waals surface area contributed by atoms with Gasteiger partial charge in [-0.3, -0.25) is 4.79 Å². The SMILES string of the molecule is COc1csc(C(=O)NC(C)(CBr)c2ccccc2)c1. The van der Waals surface area contributed by atoms with Gasteiger partial charge >= 0.3 is 0 Å². The molecule has 1 aromatic carbocycles. The van der Waals surface area contributed by atoms with Crippen LogP contribution in [0.25, 0.3) is 0 Å². The maximum atomic E-state index is 12.3. The predicted molar refractivity (Wildman–Crippen MR) is 85.9 cm³/mol. The summed E-state index contributed by atoms with van der Waals surface area (Å²) >= 11 is 4.87. The Balaban J connectivity index is 2.19. The van der Waals surface area contributed by atoms with Crippen molar-refractivity contribution in [3.63, 3.8) is 0 Å². The number of hydrogen-bond donors (Lipinski definition) is 1. The summed E-state index contributed by atoms with van der Waals surface area (Å²) in [5, 5.41) is 5.54. The molecule has 2 aromatic rings. The maximum Gasteiger partial charge on any atom is 0.262 e. The molecule has 1 aromatic heterocycles. The van der Waals surface area contributed by atoms with Gasteiger partial charge in [0.2, 0.25) is 0 Å². The van der Waals surface area contributed by atoms with Gasteiger partial charge in [0, 0.05) is 16.8 Å². The van der Waals surface area contributed by atoms with Gasteiger partial charge in [0.1, 0.15) is 5.75 Å². The number of benzene rings is 1. The van der Waals surface area contributed by atoms with Crippen molar-refractivity contribution in [2.45, 2.75) is 12.5 Å². The number of halogens is 1. The normalized spacial score (nSPS) is 13.6. The molecule has 3 nitrogen and oxygen atoms in total. The molecule has 0 aliphatic heterocycles. The fraction of sp³-hybridized carbons (Fsp3) is 0.267. The van der Waals surface area contributed by atoms with E-state index < -0.39 is 5.54 Å². The average Bonchev–Trinajstić information content (AvgIpc) is 2.97. The first-order valence-electron chi connectivity index (χ1n) is 6.15. The summed E-state index contributed by atoms with van der Waals surface area (Å²) in [6, 6.07) is 11.7. The second-order valence-corrected chi connectivity index (χ2v) is 6.11. The highest BCUT2D eigenvalue weighted by atomic mass is 79.9. The Labute approximate surface area is 131 Å². The quantitative estimate of drug-likeness (QED) is 0.830. The second-order valence-electron chi connectivity index (χ2n) is 4.64. The van der Waals surface area contributed by atoms with Gasteiger partial charge in [-0.05, 0) is 12.5 Å². The molecule has 106 valence electrons. The third-order valence-corrected chi connectivity index (χ3v) is 5.13. The highest BCUT2D eigenvalue weighted by Crippen LogP contribution is 2.26. The second kappa shape index (κ2) is 6.41. The smallest absolute Gasteiger partial charge is 0.262 e. The van der Waals surface area contributed by atoms with Gasteiger partial charge in [0.15, 0.2) is 0 Å². The Bertz CT molecular complexity index is 585. The van der Waals surface area contributed by atoms with Crippen LogP contribution < -0.4 is 10.1 Å². The number of alkyl halides is 1. The highest BCUT2D eigenvalue weighted by molar-refractivity contribution is 9.09. The van der Waals surface area contributed by atoms with Crippen LogP contribution in [-0.4, -0.2) is 18.3 Å². The molecule has 0 spiro atoms. The molecule has 1 unspecified atom stereocenters. The van der Waals surface area contributed by atoms with E-state index in [1.54, 1.807) is 13.2 Å². The lowest BCUT2D eigenvalue weighted by molar-refractivity contribution is 0.0918. The number of nitrogens with one attached hydrogen (secondary N) is 1. The van der Waals surface area contributed by atoms with Crippen LogP contribution in [0.15, 0.2) is 41.8 Å². The Morgan fingerprint density at radius 3 is 2.65 bits per heavy atom. The topological polar surface area (TPSA) is 38.3 Å². The molecular formula is C15H16BrNO2S. The van der Waals surface area contributed by atoms with Crippen LogP contribution in [0.1, 0.15) is 22.2 Å². The molecule has 1 atom stereocenters. The largest absolute Gasteiger partial charge is 0.496 e. The molecule has 2 rings (SSSR count). The van der Waals surface area contributed by atoms with Crippen LogP contribution >= 0.6 is 27.3 Å². The molecule has 0 saturated heterocycles. The van der Waals surface area contributed by atoms with E-state index in [0.29, 0.717) is 16.0 Å². The van der Waals surface area contributed by atoms with Gasteiger partial charge in [0.25, 0.3) is 5.91 Å². The minimum absolute atomic E-state index is 0.0934. The van der Waals surface area contributed by atoms with Crippen LogP contribution in [0.3, 0.4) is 0 Å². The van der Waals surface area contributed by atoms with Crippen molar-refractivity contribution in [2.75, 3.05) is 12.4 Å². The van der Waals surface area contributed by atoms with Gasteiger partial charge in [-0.15, -0.1) is 11.3 Å². The zero-order chi connectivity index (χ0) is 14.6. The number of carbonyl (C=O) groups excluding carboxylic acids is 1. The predicted octanol–water partition coefficient (Wildman–Crippen LogP) is 3.80. The third-order valence-electron chi connectivity index (χ3n) is 3.10. The zero-order valence-corrected chi connectivity index (χ0v) is 13.8. The number of amides is 1. The molecule has 0 saturated carbocycles. The summed E-state index contributed by atoms with van der Waals surface area (Å²) in [6.45, 7) is 2.00. The van der Waals surface area contributed by atoms with Gasteiger partial charge in [-0.1, -0.05) is 46.3 Å². The number of hydrogen-bond acceptors (Lipinski definition) is 3. The molecule has 1 N–H and O–H groups in total. The van der Waals surface area contributed by atoms with Crippen LogP contribution in [0.4, 0.5) is 0 Å². The number of ether oxygens (including phenoxy) is 1. The number of methoxy groups -OCH3 is 1. The Hall–Kier alpha value is -1.33. The van der Waals surface area contributed by atoms with E-state index in [0.717, 1.165) is 5.56 Å². The molecule has 0 bridgehead atoms. The lowest BCUT2D eigenvalue weighted by Gasteiger charge is -2.29. The molecule has 0 radical (unpaired) electrons. The third kappa shape index (κ3) is 3.22. The van der Waals surface area contributed by atoms with Crippen molar-refractivity contribution in [3.8, 4) is 5.75 Å². The first-order valence-corrected chi connectivity index (χ1v) is 8.15. The van der Waals surface area contributed by atoms with Crippen molar-refractivity contribution >= 4 is 33.2 Å². The summed E-state index contributed by atoms with van der Waals surface area (Å²) in [4.78, 5) is 13.0. The molecule has 1 heterocycles. The molecule has 20 heavy (non-hydrogen) atoms. The van der Waals surface area contributed by atoms with E-state index >= 15 is 0 Å². The van der Waals surface area contributed by atoms with Crippen LogP contribution in [0.2, 0.25) is 0 Å². The van der Waals surface area contributed by atoms with Crippen molar-refractivity contribution in [3.05, 3.63) is 52.2 Å². The zero-order valence-electron chi connectivity index (χ0n) is 11.4. The lowest BCUT2D eigenvalue weighted by Crippen LogP contribution is -2.44. The first kappa shape index (κ1) is 15.1. The Morgan fingerprint density at radius 1 is 1.40 bits per heavy atom. The number of rotatable bonds is 5. The van der Waals surface area contributed by atoms with Crippen molar-refractivity contribution in [1.29, 1.82) is 0 Å². The van der Waals surface area contributed by atoms with Crippen LogP contribution in [0.5, 0.6) is 5.75 Å². The van der Waals surface area contributed by atoms with E-state index in [1.807, 2.05) is 42.6 Å². The first-order chi connectivity index (χ1) is 9.59. The monoisotopic (exact) mass is 353 g/mol. The fourth-order valence-corrected chi connectivity index (χ4v) is 3.06. The van der Waals surface area contributed by atoms with E-state index in [1.165, 1.54) is 11.3 Å². The van der Waals surface area contributed by atoms with Crippen LogP contribution in [0, 0.1) is 0 Å². The standard InChI is InChI=1S/C15H16BrNO2S/c1-15(10-16,11-6-4-3-5-7-11)17-14(18)13-8-12(19-2)9-20-13/h3-9H,10H2,1-2H3,(H,17,18). The number of carbonyl (C=O) groups is 1. The minimum atomic E-state index is -0.449. The summed E-state index contributed by atoms with van der Waals surface area (Å²) in [5.74, 6) is 0.615. The molecule has 0 aliphatic rings. The highest BCUT2D eigenvalue weighted by Gasteiger charge is 2.28. The van der Waals surface area contributed by atoms with Gasteiger partial charge in [0.05, 0.1) is 17.5 Å². The lowest BCUT2D eigenvalue weighted by atomic mass is 9.94. The summed E-state index contributed by atoms with van der Waals surface area (Å²) < 4.78 is 5.11. The summed E-state index contributed by atoms with van der Waals surface area (Å²) in [5.41, 5.74) is 0.615. The van der Waals surface area contributed by atoms with Gasteiger partial charge in [-0.25, -0.2) is 0 Å². The van der Waals surface area contributed by atoms with Gasteiger partial charge < -0.3 is 10.1 Å². The Morgan fingerprint density at radius 2 is 2.10 bits per heavy atom. The summed E-state index contributed by atoms with van der Waals surface area (Å²) in [7, 11) is 1.59. The molecule has 0 fully saturated rings. The van der Waals surface area contributed by atoms with Crippen molar-refractivity contribution in [2.24, 2.45) is 0 Å². The molecule has 5 heteroatoms. The van der Waals surface area contributed by atoms with E-state index in [9.17, 15) is 4.79 Å². The molecule has 1 amide bonds. The Kier molecular flexibility index (Phi) is 4.83. The molecular weight excluding hydrogens is 338 g/mol. The average molecular weight is 354 g/mol.